The molecular formula is C11H15N3O2. The molecule has 0 bridgehead atoms. The van der Waals surface area contributed by atoms with Crippen LogP contribution in [-0.2, 0) is 0 Å². The summed E-state index contributed by atoms with van der Waals surface area (Å²) in [5.74, 6) is 1.58. The zero-order chi connectivity index (χ0) is 11.6. The molecule has 0 saturated heterocycles. The van der Waals surface area contributed by atoms with Gasteiger partial charge in [0.2, 0.25) is 0 Å². The molecule has 0 heterocycles. The van der Waals surface area contributed by atoms with Gasteiger partial charge in [-0.25, -0.2) is 0 Å². The molecule has 0 radical (unpaired) electrons. The maximum Gasteiger partial charge on any atom is 0.119 e. The molecule has 0 fully saturated rings. The molecule has 0 unspecified atom stereocenters. The molecule has 16 heavy (non-hydrogen) atoms. The molecule has 1 rings (SSSR count). The molecule has 0 N–H and O–H groups in total. The first-order chi connectivity index (χ1) is 7.86. The molecule has 0 spiro atoms. The van der Waals surface area contributed by atoms with E-state index in [1.54, 1.807) is 0 Å². The molecule has 0 atom stereocenters. The first kappa shape index (κ1) is 12.2. The van der Waals surface area contributed by atoms with Crippen molar-refractivity contribution in [2.24, 2.45) is 5.11 Å². The lowest BCUT2D eigenvalue weighted by atomic mass is 10.3. The Balaban J connectivity index is 2.35. The normalized spacial score (nSPS) is 9.31. The van der Waals surface area contributed by atoms with Crippen LogP contribution < -0.4 is 9.47 Å². The molecule has 86 valence electrons. The Labute approximate surface area is 94.6 Å². The van der Waals surface area contributed by atoms with Crippen molar-refractivity contribution in [3.63, 3.8) is 0 Å². The molecule has 0 aliphatic rings. The number of nitrogens with zero attached hydrogens (tertiary/aromatic N) is 3. The number of benzene rings is 1. The zero-order valence-corrected chi connectivity index (χ0v) is 9.30. The van der Waals surface area contributed by atoms with E-state index in [2.05, 4.69) is 16.9 Å². The molecule has 1 aromatic carbocycles. The second-order valence-electron chi connectivity index (χ2n) is 3.12. The van der Waals surface area contributed by atoms with Crippen LogP contribution in [0, 0.1) is 0 Å². The van der Waals surface area contributed by atoms with Crippen molar-refractivity contribution in [3.05, 3.63) is 34.7 Å². The lowest BCUT2D eigenvalue weighted by Gasteiger charge is -2.06. The fraction of sp³-hybridized carbons (Fsp3) is 0.455. The van der Waals surface area contributed by atoms with Gasteiger partial charge >= 0.3 is 0 Å². The molecule has 5 heteroatoms. The lowest BCUT2D eigenvalue weighted by Crippen LogP contribution is -2.00. The van der Waals surface area contributed by atoms with Crippen molar-refractivity contribution < 1.29 is 9.47 Å². The van der Waals surface area contributed by atoms with Gasteiger partial charge in [-0.2, -0.15) is 0 Å². The quantitative estimate of drug-likeness (QED) is 0.307. The predicted molar refractivity (Wildman–Crippen MR) is 61.7 cm³/mol. The summed E-state index contributed by atoms with van der Waals surface area (Å²) < 4.78 is 10.8. The summed E-state index contributed by atoms with van der Waals surface area (Å²) in [4.78, 5) is 2.64. The summed E-state index contributed by atoms with van der Waals surface area (Å²) in [7, 11) is 0. The minimum absolute atomic E-state index is 0.338. The molecule has 0 aromatic heterocycles. The monoisotopic (exact) mass is 221 g/mol. The van der Waals surface area contributed by atoms with Gasteiger partial charge in [0.25, 0.3) is 0 Å². The first-order valence-electron chi connectivity index (χ1n) is 5.23. The predicted octanol–water partition coefficient (Wildman–Crippen LogP) is 3.16. The molecule has 1 aromatic rings. The summed E-state index contributed by atoms with van der Waals surface area (Å²) in [5, 5.41) is 3.38. The highest BCUT2D eigenvalue weighted by Crippen LogP contribution is 2.17. The molecule has 0 saturated carbocycles. The standard InChI is InChI=1S/C11H15N3O2/c1-2-8-15-10-3-5-11(6-4-10)16-9-7-13-14-12/h3-6H,2,7-9H2,1H3. The van der Waals surface area contributed by atoms with E-state index in [-0.39, 0.29) is 0 Å². The SMILES string of the molecule is CCCOc1ccc(OCCN=[N+]=[N-])cc1. The summed E-state index contributed by atoms with van der Waals surface area (Å²) >= 11 is 0. The second-order valence-corrected chi connectivity index (χ2v) is 3.12. The van der Waals surface area contributed by atoms with Crippen LogP contribution in [0.1, 0.15) is 13.3 Å². The van der Waals surface area contributed by atoms with Crippen molar-refractivity contribution in [1.29, 1.82) is 0 Å². The summed E-state index contributed by atoms with van der Waals surface area (Å²) in [6.45, 7) is 3.51. The van der Waals surface area contributed by atoms with E-state index < -0.39 is 0 Å². The molecule has 0 aliphatic carbocycles. The fourth-order valence-corrected chi connectivity index (χ4v) is 1.10. The van der Waals surface area contributed by atoms with Gasteiger partial charge in [0.05, 0.1) is 19.8 Å². The van der Waals surface area contributed by atoms with Crippen molar-refractivity contribution in [3.8, 4) is 11.5 Å². The van der Waals surface area contributed by atoms with Crippen LogP contribution in [0.25, 0.3) is 10.4 Å². The van der Waals surface area contributed by atoms with E-state index >= 15 is 0 Å². The average Bonchev–Trinajstić information content (AvgIpc) is 2.33. The van der Waals surface area contributed by atoms with Crippen molar-refractivity contribution in [1.82, 2.24) is 0 Å². The van der Waals surface area contributed by atoms with E-state index in [1.165, 1.54) is 0 Å². The molecule has 0 amide bonds. The molecule has 0 aliphatic heterocycles. The number of hydrogen-bond acceptors (Lipinski definition) is 3. The van der Waals surface area contributed by atoms with E-state index in [0.717, 1.165) is 24.5 Å². The van der Waals surface area contributed by atoms with Crippen LogP contribution in [0.2, 0.25) is 0 Å². The van der Waals surface area contributed by atoms with Crippen LogP contribution in [0.4, 0.5) is 0 Å². The van der Waals surface area contributed by atoms with Crippen LogP contribution in [0.3, 0.4) is 0 Å². The van der Waals surface area contributed by atoms with Crippen LogP contribution in [0.15, 0.2) is 29.4 Å². The maximum absolute atomic E-state index is 8.07. The van der Waals surface area contributed by atoms with E-state index in [0.29, 0.717) is 13.2 Å². The van der Waals surface area contributed by atoms with Gasteiger partial charge in [-0.3, -0.25) is 0 Å². The third-order valence-electron chi connectivity index (χ3n) is 1.82. The third kappa shape index (κ3) is 4.57. The van der Waals surface area contributed by atoms with Crippen molar-refractivity contribution >= 4 is 0 Å². The van der Waals surface area contributed by atoms with Gasteiger partial charge in [-0.05, 0) is 36.2 Å². The number of azide groups is 1. The Morgan fingerprint density at radius 3 is 2.19 bits per heavy atom. The van der Waals surface area contributed by atoms with Gasteiger partial charge in [0, 0.05) is 4.91 Å². The van der Waals surface area contributed by atoms with Gasteiger partial charge in [-0.15, -0.1) is 0 Å². The van der Waals surface area contributed by atoms with Crippen molar-refractivity contribution in [2.75, 3.05) is 19.8 Å². The zero-order valence-electron chi connectivity index (χ0n) is 9.30. The van der Waals surface area contributed by atoms with E-state index in [1.807, 2.05) is 24.3 Å². The first-order valence-corrected chi connectivity index (χ1v) is 5.23. The highest BCUT2D eigenvalue weighted by atomic mass is 16.5. The van der Waals surface area contributed by atoms with Crippen molar-refractivity contribution in [2.45, 2.75) is 13.3 Å². The molecule has 5 nitrogen and oxygen atoms in total. The number of hydrogen-bond donors (Lipinski definition) is 0. The minimum atomic E-state index is 0.338. The minimum Gasteiger partial charge on any atom is -0.494 e. The Bertz CT molecular complexity index is 345. The van der Waals surface area contributed by atoms with Gasteiger partial charge in [-0.1, -0.05) is 12.0 Å². The number of rotatable bonds is 7. The lowest BCUT2D eigenvalue weighted by molar-refractivity contribution is 0.312. The fourth-order valence-electron chi connectivity index (χ4n) is 1.10. The smallest absolute Gasteiger partial charge is 0.119 e. The van der Waals surface area contributed by atoms with Crippen LogP contribution in [0.5, 0.6) is 11.5 Å². The maximum atomic E-state index is 8.07. The molecular weight excluding hydrogens is 206 g/mol. The van der Waals surface area contributed by atoms with Crippen LogP contribution in [-0.4, -0.2) is 19.8 Å². The van der Waals surface area contributed by atoms with Crippen LogP contribution >= 0.6 is 0 Å². The van der Waals surface area contributed by atoms with E-state index in [9.17, 15) is 0 Å². The topological polar surface area (TPSA) is 67.2 Å². The highest BCUT2D eigenvalue weighted by molar-refractivity contribution is 5.31. The second kappa shape index (κ2) is 7.43. The largest absolute Gasteiger partial charge is 0.494 e. The summed E-state index contributed by atoms with van der Waals surface area (Å²) in [5.41, 5.74) is 8.07. The van der Waals surface area contributed by atoms with Gasteiger partial charge in [0.15, 0.2) is 0 Å². The Hall–Kier alpha value is -1.87. The summed E-state index contributed by atoms with van der Waals surface area (Å²) in [6, 6.07) is 7.39. The number of ether oxygens (including phenoxy) is 2. The van der Waals surface area contributed by atoms with E-state index in [4.69, 9.17) is 15.0 Å². The Morgan fingerprint density at radius 1 is 1.12 bits per heavy atom. The Morgan fingerprint density at radius 2 is 1.69 bits per heavy atom. The van der Waals surface area contributed by atoms with Gasteiger partial charge in [0.1, 0.15) is 11.5 Å². The Kier molecular flexibility index (Phi) is 5.66. The average molecular weight is 221 g/mol. The summed E-state index contributed by atoms with van der Waals surface area (Å²) in [6.07, 6.45) is 0.990. The van der Waals surface area contributed by atoms with Gasteiger partial charge < -0.3 is 9.47 Å². The highest BCUT2D eigenvalue weighted by Gasteiger charge is 1.95. The third-order valence-corrected chi connectivity index (χ3v) is 1.82.